The summed E-state index contributed by atoms with van der Waals surface area (Å²) in [6.07, 6.45) is 0.844. The van der Waals surface area contributed by atoms with Gasteiger partial charge in [-0.25, -0.2) is 0 Å². The lowest BCUT2D eigenvalue weighted by Gasteiger charge is -2.17. The number of hydrazone groups is 1. The summed E-state index contributed by atoms with van der Waals surface area (Å²) in [5, 5.41) is 18.2. The van der Waals surface area contributed by atoms with Crippen molar-refractivity contribution in [3.8, 4) is 0 Å². The van der Waals surface area contributed by atoms with Crippen molar-refractivity contribution < 1.29 is 9.90 Å². The van der Waals surface area contributed by atoms with Crippen molar-refractivity contribution in [3.63, 3.8) is 0 Å². The molecule has 0 radical (unpaired) electrons. The van der Waals surface area contributed by atoms with E-state index in [1.165, 1.54) is 0 Å². The first-order valence-corrected chi connectivity index (χ1v) is 8.10. The van der Waals surface area contributed by atoms with Crippen LogP contribution in [0.4, 0.5) is 5.69 Å². The van der Waals surface area contributed by atoms with Gasteiger partial charge in [0.1, 0.15) is 11.3 Å². The monoisotopic (exact) mass is 355 g/mol. The van der Waals surface area contributed by atoms with Crippen LogP contribution in [-0.4, -0.2) is 22.8 Å². The summed E-state index contributed by atoms with van der Waals surface area (Å²) in [4.78, 5) is 12.1. The van der Waals surface area contributed by atoms with Crippen molar-refractivity contribution in [1.29, 1.82) is 0 Å². The molecule has 0 saturated carbocycles. The Labute approximate surface area is 145 Å². The minimum Gasteiger partial charge on any atom is -0.509 e. The Morgan fingerprint density at radius 2 is 2.17 bits per heavy atom. The molecule has 3 N–H and O–H groups in total. The third-order valence-corrected chi connectivity index (χ3v) is 4.46. The maximum Gasteiger partial charge on any atom is 0.257 e. The second-order valence-electron chi connectivity index (χ2n) is 5.53. The second kappa shape index (κ2) is 7.23. The Hall–Kier alpha value is -1.72. The van der Waals surface area contributed by atoms with Gasteiger partial charge in [0.2, 0.25) is 0 Å². The highest BCUT2D eigenvalue weighted by molar-refractivity contribution is 6.36. The van der Waals surface area contributed by atoms with Crippen LogP contribution in [0.1, 0.15) is 27.2 Å². The number of nitrogens with zero attached hydrogens (tertiary/aromatic N) is 1. The molecule has 2 atom stereocenters. The van der Waals surface area contributed by atoms with Gasteiger partial charge in [-0.1, -0.05) is 43.5 Å². The molecule has 1 heterocycles. The second-order valence-corrected chi connectivity index (χ2v) is 6.37. The number of hydrogen-bond donors (Lipinski definition) is 3. The van der Waals surface area contributed by atoms with Crippen LogP contribution < -0.4 is 10.7 Å². The summed E-state index contributed by atoms with van der Waals surface area (Å²) >= 11 is 11.9. The molecular formula is C16H19Cl2N3O2. The molecule has 5 nitrogen and oxygen atoms in total. The zero-order valence-corrected chi connectivity index (χ0v) is 14.7. The highest BCUT2D eigenvalue weighted by atomic mass is 35.5. The molecule has 1 aromatic carbocycles. The molecule has 7 heteroatoms. The van der Waals surface area contributed by atoms with Gasteiger partial charge in [0.05, 0.1) is 22.5 Å². The highest BCUT2D eigenvalue weighted by Crippen LogP contribution is 2.26. The summed E-state index contributed by atoms with van der Waals surface area (Å²) in [5.41, 5.74) is 3.94. The maximum absolute atomic E-state index is 12.1. The first-order valence-electron chi connectivity index (χ1n) is 7.34. The lowest BCUT2D eigenvalue weighted by molar-refractivity contribution is -0.116. The van der Waals surface area contributed by atoms with Gasteiger partial charge < -0.3 is 10.4 Å². The molecule has 23 heavy (non-hydrogen) atoms. The summed E-state index contributed by atoms with van der Waals surface area (Å²) in [5.74, 6) is -0.143. The Morgan fingerprint density at radius 3 is 2.78 bits per heavy atom. The van der Waals surface area contributed by atoms with Crippen LogP contribution in [0.25, 0.3) is 0 Å². The topological polar surface area (TPSA) is 73.7 Å². The number of anilines is 1. The first kappa shape index (κ1) is 17.6. The van der Waals surface area contributed by atoms with Crippen LogP contribution in [-0.2, 0) is 4.79 Å². The number of carbonyl (C=O) groups is 1. The van der Waals surface area contributed by atoms with E-state index in [0.717, 1.165) is 6.42 Å². The third kappa shape index (κ3) is 3.79. The SMILES string of the molecule is CC[C@H](C)[C@@H]1NC(=O)C(C(C)=NNc2ccc(Cl)cc2Cl)=C1O. The summed E-state index contributed by atoms with van der Waals surface area (Å²) in [6.45, 7) is 5.64. The zero-order valence-electron chi connectivity index (χ0n) is 13.2. The largest absolute Gasteiger partial charge is 0.509 e. The van der Waals surface area contributed by atoms with Crippen molar-refractivity contribution in [2.45, 2.75) is 33.2 Å². The van der Waals surface area contributed by atoms with Crippen LogP contribution in [0, 0.1) is 5.92 Å². The highest BCUT2D eigenvalue weighted by Gasteiger charge is 2.35. The van der Waals surface area contributed by atoms with Crippen LogP contribution >= 0.6 is 23.2 Å². The number of aliphatic hydroxyl groups excluding tert-OH is 1. The van der Waals surface area contributed by atoms with Crippen molar-refractivity contribution in [2.75, 3.05) is 5.43 Å². The molecule has 2 rings (SSSR count). The lowest BCUT2D eigenvalue weighted by atomic mass is 9.97. The van der Waals surface area contributed by atoms with E-state index in [1.807, 2.05) is 13.8 Å². The van der Waals surface area contributed by atoms with Crippen molar-refractivity contribution >= 4 is 40.5 Å². The van der Waals surface area contributed by atoms with Crippen molar-refractivity contribution in [1.82, 2.24) is 5.32 Å². The molecule has 124 valence electrons. The third-order valence-electron chi connectivity index (χ3n) is 3.91. The van der Waals surface area contributed by atoms with Gasteiger partial charge in [0, 0.05) is 5.02 Å². The molecular weight excluding hydrogens is 337 g/mol. The van der Waals surface area contributed by atoms with Gasteiger partial charge >= 0.3 is 0 Å². The summed E-state index contributed by atoms with van der Waals surface area (Å²) in [7, 11) is 0. The molecule has 1 aliphatic heterocycles. The van der Waals surface area contributed by atoms with E-state index in [4.69, 9.17) is 23.2 Å². The Balaban J connectivity index is 2.23. The van der Waals surface area contributed by atoms with Crippen LogP contribution in [0.2, 0.25) is 10.0 Å². The molecule has 0 saturated heterocycles. The fraction of sp³-hybridized carbons (Fsp3) is 0.375. The van der Waals surface area contributed by atoms with Gasteiger partial charge in [-0.05, 0) is 31.0 Å². The quantitative estimate of drug-likeness (QED) is 0.548. The van der Waals surface area contributed by atoms with Crippen LogP contribution in [0.5, 0.6) is 0 Å². The van der Waals surface area contributed by atoms with Gasteiger partial charge in [-0.15, -0.1) is 0 Å². The normalized spacial score (nSPS) is 19.8. The summed E-state index contributed by atoms with van der Waals surface area (Å²) in [6, 6.07) is 4.59. The van der Waals surface area contributed by atoms with E-state index in [9.17, 15) is 9.90 Å². The zero-order chi connectivity index (χ0) is 17.1. The number of amides is 1. The molecule has 1 aliphatic rings. The Kier molecular flexibility index (Phi) is 5.55. The van der Waals surface area contributed by atoms with E-state index >= 15 is 0 Å². The molecule has 0 aromatic heterocycles. The number of benzene rings is 1. The number of carbonyl (C=O) groups excluding carboxylic acids is 1. The van der Waals surface area contributed by atoms with E-state index in [1.54, 1.807) is 25.1 Å². The van der Waals surface area contributed by atoms with Crippen molar-refractivity contribution in [2.24, 2.45) is 11.0 Å². The predicted molar refractivity (Wildman–Crippen MR) is 94.2 cm³/mol. The smallest absolute Gasteiger partial charge is 0.257 e. The molecule has 0 spiro atoms. The van der Waals surface area contributed by atoms with Crippen molar-refractivity contribution in [3.05, 3.63) is 39.6 Å². The fourth-order valence-corrected chi connectivity index (χ4v) is 2.78. The number of halogens is 2. The van der Waals surface area contributed by atoms with Gasteiger partial charge in [-0.3, -0.25) is 10.2 Å². The van der Waals surface area contributed by atoms with Gasteiger partial charge in [0.25, 0.3) is 5.91 Å². The van der Waals surface area contributed by atoms with Crippen LogP contribution in [0.15, 0.2) is 34.6 Å². The molecule has 0 aliphatic carbocycles. The number of rotatable bonds is 5. The van der Waals surface area contributed by atoms with Crippen LogP contribution in [0.3, 0.4) is 0 Å². The number of hydrogen-bond acceptors (Lipinski definition) is 4. The first-order chi connectivity index (χ1) is 10.8. The average Bonchev–Trinajstić information content (AvgIpc) is 2.80. The lowest BCUT2D eigenvalue weighted by Crippen LogP contribution is -2.34. The standard InChI is InChI=1S/C16H19Cl2N3O2/c1-4-8(2)14-15(22)13(16(23)19-14)9(3)20-21-12-6-5-10(17)7-11(12)18/h5-8,14,21-22H,4H2,1-3H3,(H,19,23)/t8-,14-/m0/s1. The minimum atomic E-state index is -0.369. The number of nitrogens with one attached hydrogen (secondary N) is 2. The molecule has 0 fully saturated rings. The van der Waals surface area contributed by atoms with E-state index in [0.29, 0.717) is 21.4 Å². The van der Waals surface area contributed by atoms with Gasteiger partial charge in [-0.2, -0.15) is 5.10 Å². The summed E-state index contributed by atoms with van der Waals surface area (Å²) < 4.78 is 0. The Morgan fingerprint density at radius 1 is 1.48 bits per heavy atom. The van der Waals surface area contributed by atoms with E-state index in [-0.39, 0.29) is 29.2 Å². The van der Waals surface area contributed by atoms with E-state index < -0.39 is 0 Å². The number of aliphatic hydroxyl groups is 1. The average molecular weight is 356 g/mol. The fourth-order valence-electron chi connectivity index (χ4n) is 2.33. The molecule has 1 amide bonds. The predicted octanol–water partition coefficient (Wildman–Crippen LogP) is 4.14. The van der Waals surface area contributed by atoms with Gasteiger partial charge in [0.15, 0.2) is 0 Å². The molecule has 0 bridgehead atoms. The molecule has 1 aromatic rings. The minimum absolute atomic E-state index is 0.0367. The molecule has 0 unspecified atom stereocenters. The van der Waals surface area contributed by atoms with E-state index in [2.05, 4.69) is 15.8 Å². The maximum atomic E-state index is 12.1. The Bertz CT molecular complexity index is 686.